The van der Waals surface area contributed by atoms with Gasteiger partial charge in [0, 0.05) is 12.7 Å². The van der Waals surface area contributed by atoms with Gasteiger partial charge in [-0.2, -0.15) is 0 Å². The molecular weight excluding hydrogens is 214 g/mol. The van der Waals surface area contributed by atoms with E-state index in [0.717, 1.165) is 5.56 Å². The van der Waals surface area contributed by atoms with Gasteiger partial charge in [-0.3, -0.25) is 9.69 Å². The summed E-state index contributed by atoms with van der Waals surface area (Å²) < 4.78 is 0. The van der Waals surface area contributed by atoms with Crippen LogP contribution < -0.4 is 5.73 Å². The number of carbonyl (C=O) groups excluding carboxylic acids is 1. The van der Waals surface area contributed by atoms with Gasteiger partial charge in [0.05, 0.1) is 6.04 Å². The fourth-order valence-corrected chi connectivity index (χ4v) is 1.25. The van der Waals surface area contributed by atoms with Gasteiger partial charge in [-0.05, 0) is 25.6 Å². The molecule has 0 aromatic carbocycles. The van der Waals surface area contributed by atoms with Crippen LogP contribution in [0.3, 0.4) is 0 Å². The van der Waals surface area contributed by atoms with Crippen LogP contribution in [0.5, 0.6) is 0 Å². The van der Waals surface area contributed by atoms with Crippen molar-refractivity contribution in [3.05, 3.63) is 29.0 Å². The number of pyridine rings is 1. The highest BCUT2D eigenvalue weighted by Gasteiger charge is 2.14. The number of rotatable bonds is 4. The fraction of sp³-hybridized carbons (Fsp3) is 0.400. The molecule has 5 heteroatoms. The molecule has 1 heterocycles. The number of halogens is 1. The largest absolute Gasteiger partial charge is 0.368 e. The molecule has 0 aliphatic rings. The molecule has 0 bridgehead atoms. The second kappa shape index (κ2) is 5.09. The number of amides is 1. The van der Waals surface area contributed by atoms with E-state index in [1.165, 1.54) is 0 Å². The monoisotopic (exact) mass is 227 g/mol. The van der Waals surface area contributed by atoms with E-state index in [4.69, 9.17) is 17.3 Å². The van der Waals surface area contributed by atoms with E-state index in [9.17, 15) is 4.79 Å². The lowest BCUT2D eigenvalue weighted by Crippen LogP contribution is -2.39. The topological polar surface area (TPSA) is 59.2 Å². The smallest absolute Gasteiger partial charge is 0.234 e. The SMILES string of the molecule is C[C@H](C(N)=O)N(C)Cc1ccc(Cl)nc1. The molecule has 1 aromatic rings. The van der Waals surface area contributed by atoms with Crippen LogP contribution in [0.15, 0.2) is 18.3 Å². The lowest BCUT2D eigenvalue weighted by Gasteiger charge is -2.21. The number of nitrogens with zero attached hydrogens (tertiary/aromatic N) is 2. The van der Waals surface area contributed by atoms with E-state index in [1.54, 1.807) is 19.2 Å². The maximum atomic E-state index is 10.9. The summed E-state index contributed by atoms with van der Waals surface area (Å²) >= 11 is 5.66. The molecule has 2 N–H and O–H groups in total. The van der Waals surface area contributed by atoms with Crippen molar-refractivity contribution >= 4 is 17.5 Å². The maximum absolute atomic E-state index is 10.9. The van der Waals surface area contributed by atoms with Crippen molar-refractivity contribution in [2.45, 2.75) is 19.5 Å². The summed E-state index contributed by atoms with van der Waals surface area (Å²) in [6.45, 7) is 2.39. The third-order valence-electron chi connectivity index (χ3n) is 2.29. The molecule has 1 aromatic heterocycles. The van der Waals surface area contributed by atoms with Crippen LogP contribution >= 0.6 is 11.6 Å². The Morgan fingerprint density at radius 3 is 2.80 bits per heavy atom. The zero-order valence-electron chi connectivity index (χ0n) is 8.77. The number of hydrogen-bond acceptors (Lipinski definition) is 3. The van der Waals surface area contributed by atoms with Gasteiger partial charge in [0.25, 0.3) is 0 Å². The highest BCUT2D eigenvalue weighted by molar-refractivity contribution is 6.29. The zero-order valence-corrected chi connectivity index (χ0v) is 9.53. The summed E-state index contributed by atoms with van der Waals surface area (Å²) in [5, 5.41) is 0.462. The van der Waals surface area contributed by atoms with E-state index in [0.29, 0.717) is 11.7 Å². The lowest BCUT2D eigenvalue weighted by molar-refractivity contribution is -0.122. The first-order chi connectivity index (χ1) is 7.00. The molecule has 15 heavy (non-hydrogen) atoms. The zero-order chi connectivity index (χ0) is 11.4. The van der Waals surface area contributed by atoms with E-state index < -0.39 is 0 Å². The van der Waals surface area contributed by atoms with Gasteiger partial charge in [-0.1, -0.05) is 17.7 Å². The normalized spacial score (nSPS) is 12.8. The summed E-state index contributed by atoms with van der Waals surface area (Å²) in [6.07, 6.45) is 1.69. The minimum Gasteiger partial charge on any atom is -0.368 e. The van der Waals surface area contributed by atoms with Crippen LogP contribution in [0.25, 0.3) is 0 Å². The molecule has 1 atom stereocenters. The minimum atomic E-state index is -0.334. The molecule has 0 aliphatic heterocycles. The van der Waals surface area contributed by atoms with Crippen molar-refractivity contribution in [2.24, 2.45) is 5.73 Å². The third-order valence-corrected chi connectivity index (χ3v) is 2.52. The first-order valence-corrected chi connectivity index (χ1v) is 4.98. The first-order valence-electron chi connectivity index (χ1n) is 4.60. The average molecular weight is 228 g/mol. The molecule has 0 saturated carbocycles. The molecule has 4 nitrogen and oxygen atoms in total. The van der Waals surface area contributed by atoms with E-state index >= 15 is 0 Å². The van der Waals surface area contributed by atoms with Crippen LogP contribution in [0.4, 0.5) is 0 Å². The van der Waals surface area contributed by atoms with Gasteiger partial charge in [0.1, 0.15) is 5.15 Å². The van der Waals surface area contributed by atoms with Crippen LogP contribution in [0, 0.1) is 0 Å². The van der Waals surface area contributed by atoms with Crippen molar-refractivity contribution in [1.29, 1.82) is 0 Å². The summed E-state index contributed by atoms with van der Waals surface area (Å²) in [6, 6.07) is 3.31. The number of primary amides is 1. The highest BCUT2D eigenvalue weighted by atomic mass is 35.5. The van der Waals surface area contributed by atoms with Gasteiger partial charge < -0.3 is 5.73 Å². The van der Waals surface area contributed by atoms with Crippen molar-refractivity contribution in [3.63, 3.8) is 0 Å². The average Bonchev–Trinajstić information content (AvgIpc) is 2.20. The van der Waals surface area contributed by atoms with Crippen LogP contribution in [0.2, 0.25) is 5.15 Å². The molecule has 0 saturated heterocycles. The van der Waals surface area contributed by atoms with Crippen molar-refractivity contribution in [1.82, 2.24) is 9.88 Å². The summed E-state index contributed by atoms with van der Waals surface area (Å²) in [4.78, 5) is 16.7. The Labute approximate surface area is 94.0 Å². The van der Waals surface area contributed by atoms with E-state index in [1.807, 2.05) is 18.0 Å². The number of likely N-dealkylation sites (N-methyl/N-ethyl adjacent to an activating group) is 1. The summed E-state index contributed by atoms with van der Waals surface area (Å²) in [7, 11) is 1.84. The quantitative estimate of drug-likeness (QED) is 0.782. The lowest BCUT2D eigenvalue weighted by atomic mass is 10.2. The maximum Gasteiger partial charge on any atom is 0.234 e. The molecular formula is C10H14ClN3O. The molecule has 1 rings (SSSR count). The van der Waals surface area contributed by atoms with Gasteiger partial charge in [-0.15, -0.1) is 0 Å². The van der Waals surface area contributed by atoms with Gasteiger partial charge in [0.2, 0.25) is 5.91 Å². The molecule has 0 unspecified atom stereocenters. The third kappa shape index (κ3) is 3.49. The summed E-state index contributed by atoms with van der Waals surface area (Å²) in [5.74, 6) is -0.334. The van der Waals surface area contributed by atoms with Crippen molar-refractivity contribution in [3.8, 4) is 0 Å². The first kappa shape index (κ1) is 11.9. The Bertz CT molecular complexity index is 339. The van der Waals surface area contributed by atoms with Crippen LogP contribution in [0.1, 0.15) is 12.5 Å². The Morgan fingerprint density at radius 2 is 2.33 bits per heavy atom. The van der Waals surface area contributed by atoms with Crippen LogP contribution in [-0.2, 0) is 11.3 Å². The second-order valence-corrected chi connectivity index (χ2v) is 3.87. The predicted octanol–water partition coefficient (Wildman–Crippen LogP) is 1.04. The minimum absolute atomic E-state index is 0.291. The predicted molar refractivity (Wildman–Crippen MR) is 59.4 cm³/mol. The Hall–Kier alpha value is -1.13. The molecule has 0 aliphatic carbocycles. The molecule has 82 valence electrons. The van der Waals surface area contributed by atoms with E-state index in [2.05, 4.69) is 4.98 Å². The van der Waals surface area contributed by atoms with Gasteiger partial charge >= 0.3 is 0 Å². The molecule has 0 spiro atoms. The van der Waals surface area contributed by atoms with Gasteiger partial charge in [0.15, 0.2) is 0 Å². The number of nitrogens with two attached hydrogens (primary N) is 1. The standard InChI is InChI=1S/C10H14ClN3O/c1-7(10(12)15)14(2)6-8-3-4-9(11)13-5-8/h3-5,7H,6H2,1-2H3,(H2,12,15)/t7-/m1/s1. The highest BCUT2D eigenvalue weighted by Crippen LogP contribution is 2.08. The Kier molecular flexibility index (Phi) is 4.05. The number of hydrogen-bond donors (Lipinski definition) is 1. The van der Waals surface area contributed by atoms with Crippen molar-refractivity contribution in [2.75, 3.05) is 7.05 Å². The number of carbonyl (C=O) groups is 1. The Morgan fingerprint density at radius 1 is 1.67 bits per heavy atom. The van der Waals surface area contributed by atoms with Gasteiger partial charge in [-0.25, -0.2) is 4.98 Å². The number of aromatic nitrogens is 1. The Balaban J connectivity index is 2.62. The van der Waals surface area contributed by atoms with Crippen LogP contribution in [-0.4, -0.2) is 28.9 Å². The fourth-order valence-electron chi connectivity index (χ4n) is 1.14. The second-order valence-electron chi connectivity index (χ2n) is 3.48. The molecule has 1 amide bonds. The molecule has 0 fully saturated rings. The van der Waals surface area contributed by atoms with E-state index in [-0.39, 0.29) is 11.9 Å². The van der Waals surface area contributed by atoms with Crippen molar-refractivity contribution < 1.29 is 4.79 Å². The summed E-state index contributed by atoms with van der Waals surface area (Å²) in [5.41, 5.74) is 6.19. The molecule has 0 radical (unpaired) electrons.